The van der Waals surface area contributed by atoms with Crippen molar-refractivity contribution in [3.63, 3.8) is 0 Å². The summed E-state index contributed by atoms with van der Waals surface area (Å²) < 4.78 is 5.59. The van der Waals surface area contributed by atoms with Crippen LogP contribution in [-0.2, 0) is 4.74 Å². The molecule has 2 aromatic rings. The van der Waals surface area contributed by atoms with Crippen molar-refractivity contribution in [3.05, 3.63) is 64.7 Å². The number of rotatable bonds is 4. The zero-order chi connectivity index (χ0) is 22.2. The number of anilines is 1. The number of piperazine rings is 1. The predicted octanol–water partition coefficient (Wildman–Crippen LogP) is 2.73. The van der Waals surface area contributed by atoms with Gasteiger partial charge in [0.2, 0.25) is 0 Å². The summed E-state index contributed by atoms with van der Waals surface area (Å²) in [7, 11) is 0. The van der Waals surface area contributed by atoms with E-state index in [0.717, 1.165) is 25.9 Å². The van der Waals surface area contributed by atoms with Crippen LogP contribution in [-0.4, -0.2) is 73.0 Å². The van der Waals surface area contributed by atoms with E-state index in [1.165, 1.54) is 16.2 Å². The number of amides is 3. The maximum atomic E-state index is 13.1. The SMILES string of the molecule is Cc1cccc(N2CCN(C(=O)c3ccc4c(c3)C(=O)N(CC3CCCO3)C4=O)CC2)c1. The lowest BCUT2D eigenvalue weighted by atomic mass is 10.0. The van der Waals surface area contributed by atoms with Crippen LogP contribution in [0.15, 0.2) is 42.5 Å². The molecule has 0 aromatic heterocycles. The van der Waals surface area contributed by atoms with Crippen molar-refractivity contribution in [2.75, 3.05) is 44.2 Å². The third-order valence-electron chi connectivity index (χ3n) is 6.56. The van der Waals surface area contributed by atoms with E-state index in [0.29, 0.717) is 36.4 Å². The van der Waals surface area contributed by atoms with Crippen LogP contribution in [0.2, 0.25) is 0 Å². The lowest BCUT2D eigenvalue weighted by Crippen LogP contribution is -2.48. The number of carbonyl (C=O) groups is 3. The van der Waals surface area contributed by atoms with E-state index in [1.54, 1.807) is 18.2 Å². The monoisotopic (exact) mass is 433 g/mol. The van der Waals surface area contributed by atoms with Gasteiger partial charge in [-0.25, -0.2) is 0 Å². The van der Waals surface area contributed by atoms with Crippen LogP contribution < -0.4 is 4.90 Å². The van der Waals surface area contributed by atoms with Gasteiger partial charge in [-0.1, -0.05) is 12.1 Å². The highest BCUT2D eigenvalue weighted by atomic mass is 16.5. The summed E-state index contributed by atoms with van der Waals surface area (Å²) in [4.78, 5) is 44.1. The van der Waals surface area contributed by atoms with E-state index in [4.69, 9.17) is 4.74 Å². The Morgan fingerprint density at radius 3 is 2.50 bits per heavy atom. The molecule has 32 heavy (non-hydrogen) atoms. The second-order valence-corrected chi connectivity index (χ2v) is 8.73. The highest BCUT2D eigenvalue weighted by molar-refractivity contribution is 6.22. The number of benzene rings is 2. The van der Waals surface area contributed by atoms with Gasteiger partial charge in [-0.05, 0) is 55.7 Å². The molecule has 7 heteroatoms. The second-order valence-electron chi connectivity index (χ2n) is 8.73. The average Bonchev–Trinajstić information content (AvgIpc) is 3.41. The van der Waals surface area contributed by atoms with E-state index in [-0.39, 0.29) is 30.4 Å². The molecule has 2 aromatic carbocycles. The first-order chi connectivity index (χ1) is 15.5. The van der Waals surface area contributed by atoms with Gasteiger partial charge < -0.3 is 14.5 Å². The molecule has 2 fully saturated rings. The Morgan fingerprint density at radius 2 is 1.78 bits per heavy atom. The van der Waals surface area contributed by atoms with Crippen molar-refractivity contribution in [1.82, 2.24) is 9.80 Å². The fourth-order valence-electron chi connectivity index (χ4n) is 4.76. The molecule has 166 valence electrons. The number of carbonyl (C=O) groups excluding carboxylic acids is 3. The normalized spacial score (nSPS) is 20.8. The van der Waals surface area contributed by atoms with Gasteiger partial charge in [0.15, 0.2) is 0 Å². The number of imide groups is 1. The first kappa shape index (κ1) is 20.7. The number of hydrogen-bond acceptors (Lipinski definition) is 5. The maximum Gasteiger partial charge on any atom is 0.261 e. The third-order valence-corrected chi connectivity index (χ3v) is 6.56. The summed E-state index contributed by atoms with van der Waals surface area (Å²) in [6.45, 7) is 5.76. The maximum absolute atomic E-state index is 13.1. The summed E-state index contributed by atoms with van der Waals surface area (Å²) in [6.07, 6.45) is 1.71. The standard InChI is InChI=1S/C25H27N3O4/c1-17-4-2-5-19(14-17)26-9-11-27(12-10-26)23(29)18-7-8-21-22(15-18)25(31)28(24(21)30)16-20-6-3-13-32-20/h2,4-5,7-8,14-15,20H,3,6,9-13,16H2,1H3. The van der Waals surface area contributed by atoms with Crippen LogP contribution in [0.5, 0.6) is 0 Å². The van der Waals surface area contributed by atoms with Gasteiger partial charge in [0.1, 0.15) is 0 Å². The molecule has 3 aliphatic rings. The Bertz CT molecular complexity index is 1070. The van der Waals surface area contributed by atoms with E-state index < -0.39 is 0 Å². The fourth-order valence-corrected chi connectivity index (χ4v) is 4.76. The number of fused-ring (bicyclic) bond motifs is 1. The van der Waals surface area contributed by atoms with E-state index in [1.807, 2.05) is 11.0 Å². The molecule has 5 rings (SSSR count). The van der Waals surface area contributed by atoms with Gasteiger partial charge in [-0.2, -0.15) is 0 Å². The average molecular weight is 434 g/mol. The van der Waals surface area contributed by atoms with E-state index in [9.17, 15) is 14.4 Å². The molecule has 2 saturated heterocycles. The summed E-state index contributed by atoms with van der Waals surface area (Å²) in [5.41, 5.74) is 3.52. The molecule has 3 aliphatic heterocycles. The molecule has 0 radical (unpaired) electrons. The van der Waals surface area contributed by atoms with Crippen molar-refractivity contribution in [3.8, 4) is 0 Å². The summed E-state index contributed by atoms with van der Waals surface area (Å²) >= 11 is 0. The molecule has 3 heterocycles. The van der Waals surface area contributed by atoms with Gasteiger partial charge in [-0.15, -0.1) is 0 Å². The van der Waals surface area contributed by atoms with Gasteiger partial charge in [0, 0.05) is 44.0 Å². The van der Waals surface area contributed by atoms with Crippen molar-refractivity contribution in [2.24, 2.45) is 0 Å². The topological polar surface area (TPSA) is 70.2 Å². The number of aryl methyl sites for hydroxylation is 1. The minimum absolute atomic E-state index is 0.0944. The van der Waals surface area contributed by atoms with Gasteiger partial charge in [0.25, 0.3) is 17.7 Å². The molecular formula is C25H27N3O4. The zero-order valence-electron chi connectivity index (χ0n) is 18.3. The van der Waals surface area contributed by atoms with Gasteiger partial charge in [-0.3, -0.25) is 19.3 Å². The van der Waals surface area contributed by atoms with Crippen molar-refractivity contribution in [1.29, 1.82) is 0 Å². The summed E-state index contributed by atoms with van der Waals surface area (Å²) in [5, 5.41) is 0. The lowest BCUT2D eigenvalue weighted by Gasteiger charge is -2.36. The third kappa shape index (κ3) is 3.77. The highest BCUT2D eigenvalue weighted by Gasteiger charge is 2.38. The van der Waals surface area contributed by atoms with Gasteiger partial charge in [0.05, 0.1) is 23.8 Å². The van der Waals surface area contributed by atoms with E-state index in [2.05, 4.69) is 30.0 Å². The molecule has 1 unspecified atom stereocenters. The molecule has 0 aliphatic carbocycles. The van der Waals surface area contributed by atoms with Crippen LogP contribution in [0.25, 0.3) is 0 Å². The first-order valence-electron chi connectivity index (χ1n) is 11.2. The summed E-state index contributed by atoms with van der Waals surface area (Å²) in [6, 6.07) is 13.2. The van der Waals surface area contributed by atoms with E-state index >= 15 is 0 Å². The van der Waals surface area contributed by atoms with Crippen LogP contribution in [0.4, 0.5) is 5.69 Å². The largest absolute Gasteiger partial charge is 0.376 e. The molecule has 0 bridgehead atoms. The molecule has 0 spiro atoms. The van der Waals surface area contributed by atoms with Gasteiger partial charge >= 0.3 is 0 Å². The van der Waals surface area contributed by atoms with Crippen molar-refractivity contribution >= 4 is 23.4 Å². The smallest absolute Gasteiger partial charge is 0.261 e. The Morgan fingerprint density at radius 1 is 1.00 bits per heavy atom. The van der Waals surface area contributed by atoms with Crippen LogP contribution in [0, 0.1) is 6.92 Å². The number of hydrogen-bond donors (Lipinski definition) is 0. The van der Waals surface area contributed by atoms with Crippen LogP contribution >= 0.6 is 0 Å². The zero-order valence-corrected chi connectivity index (χ0v) is 18.3. The highest BCUT2D eigenvalue weighted by Crippen LogP contribution is 2.27. The molecule has 0 saturated carbocycles. The van der Waals surface area contributed by atoms with Crippen molar-refractivity contribution in [2.45, 2.75) is 25.9 Å². The number of nitrogens with zero attached hydrogens (tertiary/aromatic N) is 3. The number of ether oxygens (including phenoxy) is 1. The first-order valence-corrected chi connectivity index (χ1v) is 11.2. The van der Waals surface area contributed by atoms with Crippen LogP contribution in [0.3, 0.4) is 0 Å². The Hall–Kier alpha value is -3.19. The molecular weight excluding hydrogens is 406 g/mol. The summed E-state index contributed by atoms with van der Waals surface area (Å²) in [5.74, 6) is -0.736. The Kier molecular flexibility index (Phi) is 5.43. The quantitative estimate of drug-likeness (QED) is 0.694. The minimum Gasteiger partial charge on any atom is -0.376 e. The lowest BCUT2D eigenvalue weighted by molar-refractivity contribution is 0.0475. The molecule has 7 nitrogen and oxygen atoms in total. The fraction of sp³-hybridized carbons (Fsp3) is 0.400. The predicted molar refractivity (Wildman–Crippen MR) is 120 cm³/mol. The molecule has 3 amide bonds. The Balaban J connectivity index is 1.27. The molecule has 1 atom stereocenters. The second kappa shape index (κ2) is 8.39. The Labute approximate surface area is 187 Å². The van der Waals surface area contributed by atoms with Crippen molar-refractivity contribution < 1.29 is 19.1 Å². The molecule has 0 N–H and O–H groups in total. The minimum atomic E-state index is -0.334. The van der Waals surface area contributed by atoms with Crippen LogP contribution in [0.1, 0.15) is 49.5 Å².